The SMILES string of the molecule is CN(CCCCCCN(C)[C@@H]1[C@@H](O)C(OC2[C@@H](O)C(OC3O[C@H](CN)CC[C@H]3N)[C@@H](N)C[C@H]2N)OC[C@]1(C)O)C1[C@@H](O)C(CC2[C@@H](O)C(OC3O[C@H](CN)CC[C@H]3N)[C@@H](N)C[C@H]2N)OC[C@]1(C)O. The lowest BCUT2D eigenvalue weighted by molar-refractivity contribution is -0.314. The molecule has 4 aliphatic heterocycles. The van der Waals surface area contributed by atoms with Gasteiger partial charge in [-0.1, -0.05) is 12.8 Å². The molecular formula is C45H90N10O13. The fraction of sp³-hybridized carbons (Fsp3) is 1.00. The number of aliphatic hydroxyl groups is 6. The molecule has 23 heteroatoms. The van der Waals surface area contributed by atoms with Crippen LogP contribution in [0, 0.1) is 5.92 Å². The van der Waals surface area contributed by atoms with E-state index in [0.717, 1.165) is 32.1 Å². The Hall–Kier alpha value is -0.920. The summed E-state index contributed by atoms with van der Waals surface area (Å²) < 4.78 is 42.5. The molecule has 0 spiro atoms. The summed E-state index contributed by atoms with van der Waals surface area (Å²) in [6.45, 7) is 4.84. The summed E-state index contributed by atoms with van der Waals surface area (Å²) in [6, 6.07) is -4.68. The van der Waals surface area contributed by atoms with E-state index in [1.165, 1.54) is 0 Å². The second kappa shape index (κ2) is 24.4. The minimum Gasteiger partial charge on any atom is -0.390 e. The first-order chi connectivity index (χ1) is 32.1. The normalized spacial score (nSPS) is 48.5. The molecule has 22 N–H and O–H groups in total. The van der Waals surface area contributed by atoms with Crippen LogP contribution in [0.2, 0.25) is 0 Å². The summed E-state index contributed by atoms with van der Waals surface area (Å²) in [5, 5.41) is 69.5. The van der Waals surface area contributed by atoms with Crippen molar-refractivity contribution in [2.24, 2.45) is 51.8 Å². The van der Waals surface area contributed by atoms with Gasteiger partial charge in [0, 0.05) is 43.2 Å². The number of rotatable bonds is 19. The van der Waals surface area contributed by atoms with Crippen molar-refractivity contribution in [3.63, 3.8) is 0 Å². The fourth-order valence-corrected chi connectivity index (χ4v) is 11.7. The van der Waals surface area contributed by atoms with Crippen molar-refractivity contribution in [3.05, 3.63) is 0 Å². The molecule has 9 unspecified atom stereocenters. The Morgan fingerprint density at radius 3 is 1.44 bits per heavy atom. The van der Waals surface area contributed by atoms with Crippen molar-refractivity contribution in [2.45, 2.75) is 224 Å². The molecule has 398 valence electrons. The number of aliphatic hydroxyl groups excluding tert-OH is 4. The van der Waals surface area contributed by atoms with Gasteiger partial charge in [-0.2, -0.15) is 0 Å². The maximum Gasteiger partial charge on any atom is 0.185 e. The van der Waals surface area contributed by atoms with Crippen LogP contribution >= 0.6 is 0 Å². The molecule has 2 saturated carbocycles. The zero-order valence-electron chi connectivity index (χ0n) is 40.8. The summed E-state index contributed by atoms with van der Waals surface area (Å²) in [5.74, 6) is -0.524. The lowest BCUT2D eigenvalue weighted by Gasteiger charge is -2.50. The first-order valence-corrected chi connectivity index (χ1v) is 25.1. The Kier molecular flexibility index (Phi) is 20.2. The molecule has 0 radical (unpaired) electrons. The smallest absolute Gasteiger partial charge is 0.185 e. The van der Waals surface area contributed by atoms with E-state index in [9.17, 15) is 30.6 Å². The first-order valence-electron chi connectivity index (χ1n) is 25.1. The number of ether oxygens (including phenoxy) is 7. The molecule has 0 amide bonds. The topological polar surface area (TPSA) is 401 Å². The van der Waals surface area contributed by atoms with Crippen molar-refractivity contribution in [3.8, 4) is 0 Å². The standard InChI is InChI=1S/C45H90N10O13/c1-44(60)20-62-31(15-24-27(50)16-28(51)36(32(24)56)66-41-25(48)11-9-22(18-46)64-41)33(57)39(44)54(3)13-7-5-6-8-14-55(4)40-35(59)43(63-21-45(40,2)61)68-38-30(53)17-29(52)37(34(38)58)67-42-26(49)12-10-23(19-47)65-42/h22-43,56-61H,5-21,46-53H2,1-4H3/t22-,23-,24?,25+,26+,27+,28-,29-,30+,31?,32+,33-,34-,35+,36?,37?,38?,39?,40+,41?,42?,43?,44-,45-/m0/s1. The molecule has 0 bridgehead atoms. The molecule has 23 nitrogen and oxygen atoms in total. The number of nitrogens with two attached hydrogens (primary N) is 8. The van der Waals surface area contributed by atoms with Crippen LogP contribution in [0.5, 0.6) is 0 Å². The molecule has 68 heavy (non-hydrogen) atoms. The van der Waals surface area contributed by atoms with Gasteiger partial charge < -0.3 is 110 Å². The summed E-state index contributed by atoms with van der Waals surface area (Å²) in [7, 11) is 3.70. The quantitative estimate of drug-likeness (QED) is 0.0538. The van der Waals surface area contributed by atoms with Crippen LogP contribution in [0.25, 0.3) is 0 Å². The van der Waals surface area contributed by atoms with E-state index in [2.05, 4.69) is 0 Å². The first kappa shape index (κ1) is 56.4. The van der Waals surface area contributed by atoms with Crippen molar-refractivity contribution < 1.29 is 63.8 Å². The van der Waals surface area contributed by atoms with Gasteiger partial charge in [-0.25, -0.2) is 0 Å². The zero-order chi connectivity index (χ0) is 49.8. The zero-order valence-corrected chi connectivity index (χ0v) is 40.8. The van der Waals surface area contributed by atoms with Gasteiger partial charge in [-0.3, -0.25) is 9.80 Å². The molecule has 4 saturated heterocycles. The van der Waals surface area contributed by atoms with Crippen LogP contribution in [0.1, 0.15) is 84.5 Å². The van der Waals surface area contributed by atoms with Crippen molar-refractivity contribution in [2.75, 3.05) is 53.5 Å². The highest BCUT2D eigenvalue weighted by Crippen LogP contribution is 2.38. The predicted molar refractivity (Wildman–Crippen MR) is 250 cm³/mol. The second-order valence-corrected chi connectivity index (χ2v) is 21.5. The Morgan fingerprint density at radius 2 is 0.956 bits per heavy atom. The van der Waals surface area contributed by atoms with Crippen molar-refractivity contribution >= 4 is 0 Å². The summed E-state index contributed by atoms with van der Waals surface area (Å²) in [5.41, 5.74) is 47.4. The van der Waals surface area contributed by atoms with Gasteiger partial charge >= 0.3 is 0 Å². The summed E-state index contributed by atoms with van der Waals surface area (Å²) in [4.78, 5) is 3.86. The Bertz CT molecular complexity index is 1430. The van der Waals surface area contributed by atoms with Gasteiger partial charge in [-0.05, 0) is 98.8 Å². The molecule has 6 rings (SSSR count). The maximum absolute atomic E-state index is 11.8. The average molecular weight is 979 g/mol. The van der Waals surface area contributed by atoms with Crippen LogP contribution in [-0.4, -0.2) is 233 Å². The van der Waals surface area contributed by atoms with E-state index in [-0.39, 0.29) is 38.3 Å². The average Bonchev–Trinajstić information content (AvgIpc) is 3.27. The highest BCUT2D eigenvalue weighted by molar-refractivity contribution is 5.05. The van der Waals surface area contributed by atoms with Crippen LogP contribution in [0.3, 0.4) is 0 Å². The van der Waals surface area contributed by atoms with Gasteiger partial charge in [0.1, 0.15) is 41.7 Å². The van der Waals surface area contributed by atoms with Crippen LogP contribution in [0.15, 0.2) is 0 Å². The van der Waals surface area contributed by atoms with E-state index < -0.39 is 133 Å². The largest absolute Gasteiger partial charge is 0.390 e. The van der Waals surface area contributed by atoms with Gasteiger partial charge in [0.05, 0.1) is 67.9 Å². The summed E-state index contributed by atoms with van der Waals surface area (Å²) in [6.07, 6.45) is -4.78. The van der Waals surface area contributed by atoms with E-state index in [0.29, 0.717) is 51.9 Å². The highest BCUT2D eigenvalue weighted by Gasteiger charge is 2.54. The number of hydrogen-bond donors (Lipinski definition) is 14. The molecule has 0 aromatic rings. The Morgan fingerprint density at radius 1 is 0.529 bits per heavy atom. The molecule has 2 aliphatic carbocycles. The Balaban J connectivity index is 0.965. The minimum absolute atomic E-state index is 0.0231. The lowest BCUT2D eigenvalue weighted by Crippen LogP contribution is -2.69. The molecule has 4 heterocycles. The van der Waals surface area contributed by atoms with Gasteiger partial charge in [0.15, 0.2) is 18.9 Å². The van der Waals surface area contributed by atoms with Crippen molar-refractivity contribution in [1.29, 1.82) is 0 Å². The van der Waals surface area contributed by atoms with Crippen LogP contribution < -0.4 is 45.9 Å². The summed E-state index contributed by atoms with van der Waals surface area (Å²) >= 11 is 0. The molecule has 6 fully saturated rings. The predicted octanol–water partition coefficient (Wildman–Crippen LogP) is -5.29. The Labute approximate surface area is 402 Å². The highest BCUT2D eigenvalue weighted by atomic mass is 16.7. The minimum atomic E-state index is -1.43. The van der Waals surface area contributed by atoms with E-state index in [1.807, 2.05) is 23.9 Å². The lowest BCUT2D eigenvalue weighted by atomic mass is 9.73. The molecule has 24 atom stereocenters. The molecule has 0 aromatic carbocycles. The molecule has 6 aliphatic rings. The van der Waals surface area contributed by atoms with Crippen LogP contribution in [-0.2, 0) is 33.2 Å². The third-order valence-electron chi connectivity index (χ3n) is 15.7. The van der Waals surface area contributed by atoms with Crippen LogP contribution in [0.4, 0.5) is 0 Å². The van der Waals surface area contributed by atoms with Crippen molar-refractivity contribution in [1.82, 2.24) is 9.80 Å². The van der Waals surface area contributed by atoms with Gasteiger partial charge in [-0.15, -0.1) is 0 Å². The second-order valence-electron chi connectivity index (χ2n) is 21.5. The third kappa shape index (κ3) is 13.2. The fourth-order valence-electron chi connectivity index (χ4n) is 11.7. The van der Waals surface area contributed by atoms with Gasteiger partial charge in [0.2, 0.25) is 0 Å². The van der Waals surface area contributed by atoms with E-state index in [4.69, 9.17) is 79.0 Å². The molecular weight excluding hydrogens is 889 g/mol. The number of hydrogen-bond acceptors (Lipinski definition) is 23. The van der Waals surface area contributed by atoms with E-state index >= 15 is 0 Å². The van der Waals surface area contributed by atoms with E-state index in [1.54, 1.807) is 13.8 Å². The number of likely N-dealkylation sites (N-methyl/N-ethyl adjacent to an activating group) is 2. The van der Waals surface area contributed by atoms with Gasteiger partial charge in [0.25, 0.3) is 0 Å². The number of unbranched alkanes of at least 4 members (excludes halogenated alkanes) is 3. The maximum atomic E-state index is 11.8. The number of nitrogens with zero attached hydrogens (tertiary/aromatic N) is 2. The monoisotopic (exact) mass is 979 g/mol. The molecule has 0 aromatic heterocycles. The third-order valence-corrected chi connectivity index (χ3v) is 15.7.